The van der Waals surface area contributed by atoms with Crippen molar-refractivity contribution in [2.45, 2.75) is 27.7 Å². The molecule has 0 bridgehead atoms. The summed E-state index contributed by atoms with van der Waals surface area (Å²) in [6.45, 7) is 8.04. The number of benzene rings is 1. The molecular weight excluding hydrogens is 194 g/mol. The van der Waals surface area contributed by atoms with E-state index in [9.17, 15) is 4.21 Å². The van der Waals surface area contributed by atoms with E-state index in [2.05, 4.69) is 10.8 Å². The van der Waals surface area contributed by atoms with Gasteiger partial charge in [0.15, 0.2) is 0 Å². The van der Waals surface area contributed by atoms with Crippen LogP contribution in [0, 0.1) is 13.8 Å². The van der Waals surface area contributed by atoms with E-state index in [1.165, 1.54) is 5.56 Å². The fourth-order valence-corrected chi connectivity index (χ4v) is 1.62. The molecule has 0 radical (unpaired) electrons. The second kappa shape index (κ2) is 6.60. The van der Waals surface area contributed by atoms with Crippen molar-refractivity contribution in [2.24, 2.45) is 0 Å². The van der Waals surface area contributed by atoms with Crippen LogP contribution in [0.15, 0.2) is 18.2 Å². The third-order valence-corrected chi connectivity index (χ3v) is 2.14. The molecule has 80 valence electrons. The molecule has 0 spiro atoms. The van der Waals surface area contributed by atoms with Crippen LogP contribution >= 0.6 is 0 Å². The van der Waals surface area contributed by atoms with E-state index in [-0.39, 0.29) is 0 Å². The minimum absolute atomic E-state index is 0.946. The highest BCUT2D eigenvalue weighted by molar-refractivity contribution is 7.85. The van der Waals surface area contributed by atoms with Crippen molar-refractivity contribution in [3.05, 3.63) is 29.3 Å². The molecule has 0 aliphatic rings. The Kier molecular flexibility index (Phi) is 6.21. The summed E-state index contributed by atoms with van der Waals surface area (Å²) in [6, 6.07) is 6.02. The first-order valence-electron chi connectivity index (χ1n) is 4.77. The van der Waals surface area contributed by atoms with Gasteiger partial charge in [-0.1, -0.05) is 31.5 Å². The maximum atomic E-state index is 10.9. The summed E-state index contributed by atoms with van der Waals surface area (Å²) in [5, 5.41) is 0. The standard InChI is InChI=1S/C9H13NOS.C2H6/c1-7-4-5-9(8(2)6-7)10-12(3)11;1-2/h4-6,10H,1-3H3;1-2H3. The number of nitrogens with one attached hydrogen (secondary N) is 1. The predicted octanol–water partition coefficient (Wildman–Crippen LogP) is 3.04. The molecule has 1 aromatic rings. The van der Waals surface area contributed by atoms with E-state index in [0.717, 1.165) is 11.3 Å². The molecule has 2 nitrogen and oxygen atoms in total. The summed E-state index contributed by atoms with van der Waals surface area (Å²) < 4.78 is 13.7. The van der Waals surface area contributed by atoms with Gasteiger partial charge in [-0.2, -0.15) is 0 Å². The highest BCUT2D eigenvalue weighted by atomic mass is 32.2. The molecule has 3 heteroatoms. The van der Waals surface area contributed by atoms with Gasteiger partial charge in [-0.05, 0) is 25.5 Å². The minimum atomic E-state index is -0.983. The third-order valence-electron chi connectivity index (χ3n) is 1.64. The third kappa shape index (κ3) is 4.42. The van der Waals surface area contributed by atoms with Crippen molar-refractivity contribution < 1.29 is 4.21 Å². The highest BCUT2D eigenvalue weighted by Gasteiger charge is 1.97. The Morgan fingerprint density at radius 3 is 2.21 bits per heavy atom. The summed E-state index contributed by atoms with van der Waals surface area (Å²) in [5.41, 5.74) is 3.30. The summed E-state index contributed by atoms with van der Waals surface area (Å²) in [6.07, 6.45) is 1.62. The van der Waals surface area contributed by atoms with Crippen molar-refractivity contribution in [3.63, 3.8) is 0 Å². The van der Waals surface area contributed by atoms with Gasteiger partial charge in [-0.15, -0.1) is 0 Å². The summed E-state index contributed by atoms with van der Waals surface area (Å²) in [5.74, 6) is 0. The van der Waals surface area contributed by atoms with Gasteiger partial charge in [-0.3, -0.25) is 0 Å². The Labute approximate surface area is 89.3 Å². The molecule has 1 unspecified atom stereocenters. The zero-order valence-corrected chi connectivity index (χ0v) is 10.4. The van der Waals surface area contributed by atoms with E-state index < -0.39 is 11.0 Å². The van der Waals surface area contributed by atoms with E-state index in [1.807, 2.05) is 39.8 Å². The van der Waals surface area contributed by atoms with Gasteiger partial charge in [0, 0.05) is 11.9 Å². The lowest BCUT2D eigenvalue weighted by atomic mass is 10.1. The smallest absolute Gasteiger partial charge is 0.113 e. The SMILES string of the molecule is CC.Cc1ccc(NS(C)=O)c(C)c1. The van der Waals surface area contributed by atoms with Crippen molar-refractivity contribution in [1.82, 2.24) is 0 Å². The topological polar surface area (TPSA) is 29.1 Å². The lowest BCUT2D eigenvalue weighted by Crippen LogP contribution is -2.02. The van der Waals surface area contributed by atoms with E-state index in [4.69, 9.17) is 0 Å². The molecule has 1 aromatic carbocycles. The monoisotopic (exact) mass is 213 g/mol. The molecular formula is C11H19NOS. The number of aryl methyl sites for hydroxylation is 2. The Morgan fingerprint density at radius 1 is 1.21 bits per heavy atom. The largest absolute Gasteiger partial charge is 0.305 e. The lowest BCUT2D eigenvalue weighted by molar-refractivity contribution is 0.690. The van der Waals surface area contributed by atoms with Crippen molar-refractivity contribution in [3.8, 4) is 0 Å². The lowest BCUT2D eigenvalue weighted by Gasteiger charge is -2.06. The Morgan fingerprint density at radius 2 is 1.79 bits per heavy atom. The van der Waals surface area contributed by atoms with Crippen LogP contribution in [0.2, 0.25) is 0 Å². The van der Waals surface area contributed by atoms with Crippen LogP contribution in [0.4, 0.5) is 5.69 Å². The maximum absolute atomic E-state index is 10.9. The molecule has 1 rings (SSSR count). The number of hydrogen-bond donors (Lipinski definition) is 1. The summed E-state index contributed by atoms with van der Waals surface area (Å²) in [7, 11) is -0.983. The molecule has 14 heavy (non-hydrogen) atoms. The van der Waals surface area contributed by atoms with Gasteiger partial charge >= 0.3 is 0 Å². The molecule has 0 heterocycles. The fraction of sp³-hybridized carbons (Fsp3) is 0.455. The van der Waals surface area contributed by atoms with E-state index in [1.54, 1.807) is 6.26 Å². The molecule has 1 N–H and O–H groups in total. The van der Waals surface area contributed by atoms with Crippen LogP contribution in [0.3, 0.4) is 0 Å². The second-order valence-corrected chi connectivity index (χ2v) is 3.99. The first kappa shape index (κ1) is 13.2. The van der Waals surface area contributed by atoms with Gasteiger partial charge in [0.1, 0.15) is 11.0 Å². The second-order valence-electron chi connectivity index (χ2n) is 2.87. The van der Waals surface area contributed by atoms with Gasteiger partial charge in [-0.25, -0.2) is 4.21 Å². The summed E-state index contributed by atoms with van der Waals surface area (Å²) >= 11 is 0. The van der Waals surface area contributed by atoms with Crippen molar-refractivity contribution in [2.75, 3.05) is 11.0 Å². The maximum Gasteiger partial charge on any atom is 0.113 e. The zero-order valence-electron chi connectivity index (χ0n) is 9.55. The fourth-order valence-electron chi connectivity index (χ4n) is 1.08. The van der Waals surface area contributed by atoms with Gasteiger partial charge in [0.2, 0.25) is 0 Å². The van der Waals surface area contributed by atoms with Crippen molar-refractivity contribution in [1.29, 1.82) is 0 Å². The molecule has 0 aromatic heterocycles. The highest BCUT2D eigenvalue weighted by Crippen LogP contribution is 2.15. The van der Waals surface area contributed by atoms with Gasteiger partial charge in [0.25, 0.3) is 0 Å². The van der Waals surface area contributed by atoms with Crippen LogP contribution in [-0.4, -0.2) is 10.5 Å². The van der Waals surface area contributed by atoms with Gasteiger partial charge in [0.05, 0.1) is 0 Å². The molecule has 0 amide bonds. The predicted molar refractivity (Wildman–Crippen MR) is 65.0 cm³/mol. The van der Waals surface area contributed by atoms with Gasteiger partial charge < -0.3 is 4.72 Å². The molecule has 0 saturated heterocycles. The number of anilines is 1. The van der Waals surface area contributed by atoms with Crippen LogP contribution < -0.4 is 4.72 Å². The van der Waals surface area contributed by atoms with Crippen LogP contribution in [-0.2, 0) is 11.0 Å². The van der Waals surface area contributed by atoms with E-state index in [0.29, 0.717) is 0 Å². The average molecular weight is 213 g/mol. The normalized spacial score (nSPS) is 11.2. The average Bonchev–Trinajstić information content (AvgIpc) is 2.13. The quantitative estimate of drug-likeness (QED) is 0.804. The van der Waals surface area contributed by atoms with E-state index >= 15 is 0 Å². The molecule has 0 saturated carbocycles. The first-order valence-corrected chi connectivity index (χ1v) is 6.33. The first-order chi connectivity index (χ1) is 6.59. The number of rotatable bonds is 2. The van der Waals surface area contributed by atoms with Crippen LogP contribution in [0.5, 0.6) is 0 Å². The Bertz CT molecular complexity index is 310. The zero-order chi connectivity index (χ0) is 11.1. The van der Waals surface area contributed by atoms with Crippen LogP contribution in [0.1, 0.15) is 25.0 Å². The molecule has 0 aliphatic heterocycles. The summed E-state index contributed by atoms with van der Waals surface area (Å²) in [4.78, 5) is 0. The van der Waals surface area contributed by atoms with Crippen molar-refractivity contribution >= 4 is 16.7 Å². The molecule has 0 fully saturated rings. The molecule has 0 aliphatic carbocycles. The molecule has 1 atom stereocenters. The Balaban J connectivity index is 0.000000791. The minimum Gasteiger partial charge on any atom is -0.305 e. The van der Waals surface area contributed by atoms with Crippen LogP contribution in [0.25, 0.3) is 0 Å². The number of hydrogen-bond acceptors (Lipinski definition) is 1. The Hall–Kier alpha value is -0.830.